The topological polar surface area (TPSA) is 98.7 Å². The number of carbonyl (C=O) groups is 1. The molecule has 0 saturated heterocycles. The van der Waals surface area contributed by atoms with Crippen LogP contribution in [0.4, 0.5) is 24.7 Å². The number of alkyl halides is 3. The van der Waals surface area contributed by atoms with Gasteiger partial charge in [-0.15, -0.1) is 0 Å². The van der Waals surface area contributed by atoms with Crippen molar-refractivity contribution in [2.75, 3.05) is 5.32 Å². The Hall–Kier alpha value is -3.43. The summed E-state index contributed by atoms with van der Waals surface area (Å²) < 4.78 is 40.0. The highest BCUT2D eigenvalue weighted by Crippen LogP contribution is 2.31. The van der Waals surface area contributed by atoms with Gasteiger partial charge in [-0.25, -0.2) is 9.97 Å². The van der Waals surface area contributed by atoms with Gasteiger partial charge in [-0.1, -0.05) is 6.07 Å². The molecular weight excluding hydrogens is 337 g/mol. The highest BCUT2D eigenvalue weighted by atomic mass is 19.4. The van der Waals surface area contributed by atoms with Crippen molar-refractivity contribution >= 4 is 17.4 Å². The number of nitrogens with two attached hydrogens (primary N) is 1. The molecule has 0 aliphatic rings. The van der Waals surface area contributed by atoms with Crippen LogP contribution in [0.15, 0.2) is 49.2 Å². The second kappa shape index (κ2) is 6.23. The van der Waals surface area contributed by atoms with E-state index >= 15 is 0 Å². The number of hydrogen-bond acceptors (Lipinski definition) is 5. The lowest BCUT2D eigenvalue weighted by atomic mass is 10.2. The fourth-order valence-corrected chi connectivity index (χ4v) is 2.06. The lowest BCUT2D eigenvalue weighted by Crippen LogP contribution is -2.16. The van der Waals surface area contributed by atoms with E-state index < -0.39 is 17.6 Å². The van der Waals surface area contributed by atoms with Crippen molar-refractivity contribution < 1.29 is 18.0 Å². The van der Waals surface area contributed by atoms with Crippen LogP contribution in [0.3, 0.4) is 0 Å². The maximum absolute atomic E-state index is 12.8. The first-order chi connectivity index (χ1) is 11.8. The summed E-state index contributed by atoms with van der Waals surface area (Å²) in [4.78, 5) is 23.5. The Morgan fingerprint density at radius 2 is 2.08 bits per heavy atom. The highest BCUT2D eigenvalue weighted by molar-refractivity contribution is 5.98. The molecule has 1 amide bonds. The molecule has 0 atom stereocenters. The summed E-state index contributed by atoms with van der Waals surface area (Å²) in [5, 5.41) is 2.68. The third-order valence-electron chi connectivity index (χ3n) is 3.23. The van der Waals surface area contributed by atoms with Crippen LogP contribution in [0.25, 0.3) is 5.95 Å². The zero-order valence-electron chi connectivity index (χ0n) is 12.5. The lowest BCUT2D eigenvalue weighted by Gasteiger charge is -2.12. The number of aromatic nitrogens is 4. The number of carbonyl (C=O) groups excluding carboxylic acids is 1. The maximum Gasteiger partial charge on any atom is 0.416 e. The van der Waals surface area contributed by atoms with Gasteiger partial charge in [0.1, 0.15) is 17.7 Å². The van der Waals surface area contributed by atoms with Gasteiger partial charge >= 0.3 is 6.18 Å². The van der Waals surface area contributed by atoms with Crippen LogP contribution in [-0.2, 0) is 6.18 Å². The normalized spacial score (nSPS) is 11.3. The summed E-state index contributed by atoms with van der Waals surface area (Å²) in [6, 6.07) is 4.51. The Bertz CT molecular complexity index is 908. The number of hydrogen-bond donors (Lipinski definition) is 2. The van der Waals surface area contributed by atoms with Gasteiger partial charge in [0.2, 0.25) is 5.95 Å². The van der Waals surface area contributed by atoms with Crippen LogP contribution >= 0.6 is 0 Å². The minimum atomic E-state index is -4.49. The number of benzene rings is 1. The monoisotopic (exact) mass is 348 g/mol. The molecule has 3 aromatic rings. The Morgan fingerprint density at radius 1 is 1.28 bits per heavy atom. The molecule has 1 aromatic carbocycles. The minimum Gasteiger partial charge on any atom is -0.365 e. The molecule has 0 aliphatic heterocycles. The number of anilines is 2. The summed E-state index contributed by atoms with van der Waals surface area (Å²) >= 11 is 0. The summed E-state index contributed by atoms with van der Waals surface area (Å²) in [5.41, 5.74) is 4.50. The first kappa shape index (κ1) is 16.4. The number of rotatable bonds is 4. The van der Waals surface area contributed by atoms with Crippen molar-refractivity contribution in [1.29, 1.82) is 0 Å². The summed E-state index contributed by atoms with van der Waals surface area (Å²) in [6.45, 7) is 0. The molecule has 3 rings (SSSR count). The predicted octanol–water partition coefficient (Wildman–Crippen LogP) is 2.52. The fraction of sp³-hybridized carbons (Fsp3) is 0.0667. The van der Waals surface area contributed by atoms with E-state index in [2.05, 4.69) is 20.3 Å². The second-order valence-electron chi connectivity index (χ2n) is 4.97. The molecule has 7 nitrogen and oxygen atoms in total. The van der Waals surface area contributed by atoms with Crippen LogP contribution in [-0.4, -0.2) is 25.4 Å². The quantitative estimate of drug-likeness (QED) is 0.755. The molecule has 0 aliphatic carbocycles. The van der Waals surface area contributed by atoms with Crippen molar-refractivity contribution in [2.24, 2.45) is 5.73 Å². The lowest BCUT2D eigenvalue weighted by molar-refractivity contribution is -0.137. The largest absolute Gasteiger partial charge is 0.416 e. The summed E-state index contributed by atoms with van der Waals surface area (Å²) in [5.74, 6) is -0.644. The zero-order valence-corrected chi connectivity index (χ0v) is 12.5. The first-order valence-electron chi connectivity index (χ1n) is 6.94. The van der Waals surface area contributed by atoms with Crippen LogP contribution in [0, 0.1) is 0 Å². The predicted molar refractivity (Wildman–Crippen MR) is 82.4 cm³/mol. The maximum atomic E-state index is 12.8. The molecule has 3 N–H and O–H groups in total. The molecule has 2 aromatic heterocycles. The van der Waals surface area contributed by atoms with Gasteiger partial charge in [-0.2, -0.15) is 18.2 Å². The number of nitrogens with one attached hydrogen (secondary N) is 1. The molecule has 0 unspecified atom stereocenters. The van der Waals surface area contributed by atoms with Crippen LogP contribution in [0.5, 0.6) is 0 Å². The standard InChI is InChI=1S/C15H11F3N6O/c16-15(17,18)9-2-1-3-10(6-9)22-13-11(12(19)25)7-21-14(23-13)24-5-4-20-8-24/h1-8H,(H2,19,25)(H,21,22,23). The van der Waals surface area contributed by atoms with Crippen molar-refractivity contribution in [3.63, 3.8) is 0 Å². The third kappa shape index (κ3) is 3.57. The SMILES string of the molecule is NC(=O)c1cnc(-n2ccnc2)nc1Nc1cccc(C(F)(F)F)c1. The molecule has 10 heteroatoms. The zero-order chi connectivity index (χ0) is 18.0. The number of nitrogens with zero attached hydrogens (tertiary/aromatic N) is 4. The molecule has 0 radical (unpaired) electrons. The van der Waals surface area contributed by atoms with E-state index in [-0.39, 0.29) is 23.0 Å². The molecule has 0 bridgehead atoms. The average molecular weight is 348 g/mol. The van der Waals surface area contributed by atoms with Crippen LogP contribution in [0.2, 0.25) is 0 Å². The molecule has 25 heavy (non-hydrogen) atoms. The van der Waals surface area contributed by atoms with Gasteiger partial charge < -0.3 is 11.1 Å². The van der Waals surface area contributed by atoms with Crippen molar-refractivity contribution in [2.45, 2.75) is 6.18 Å². The Labute approximate surface area is 139 Å². The smallest absolute Gasteiger partial charge is 0.365 e. The van der Waals surface area contributed by atoms with E-state index in [9.17, 15) is 18.0 Å². The van der Waals surface area contributed by atoms with Gasteiger partial charge in [-0.3, -0.25) is 9.36 Å². The first-order valence-corrected chi connectivity index (χ1v) is 6.94. The number of halogens is 3. The Kier molecular flexibility index (Phi) is 4.09. The third-order valence-corrected chi connectivity index (χ3v) is 3.23. The van der Waals surface area contributed by atoms with E-state index in [1.807, 2.05) is 0 Å². The number of primary amides is 1. The van der Waals surface area contributed by atoms with Crippen molar-refractivity contribution in [3.05, 3.63) is 60.3 Å². The average Bonchev–Trinajstić information content (AvgIpc) is 3.08. The van der Waals surface area contributed by atoms with E-state index in [4.69, 9.17) is 5.73 Å². The second-order valence-corrected chi connectivity index (χ2v) is 4.97. The van der Waals surface area contributed by atoms with Crippen LogP contribution in [0.1, 0.15) is 15.9 Å². The molecule has 128 valence electrons. The summed E-state index contributed by atoms with van der Waals surface area (Å²) in [7, 11) is 0. The Morgan fingerprint density at radius 3 is 2.72 bits per heavy atom. The van der Waals surface area contributed by atoms with Crippen molar-refractivity contribution in [3.8, 4) is 5.95 Å². The van der Waals surface area contributed by atoms with Crippen LogP contribution < -0.4 is 11.1 Å². The summed E-state index contributed by atoms with van der Waals surface area (Å²) in [6.07, 6.45) is 1.23. The minimum absolute atomic E-state index is 0.00877. The number of amides is 1. The molecule has 0 saturated carbocycles. The molecule has 0 spiro atoms. The van der Waals surface area contributed by atoms with Gasteiger partial charge in [0.25, 0.3) is 5.91 Å². The Balaban J connectivity index is 2.01. The van der Waals surface area contributed by atoms with Gasteiger partial charge in [0.05, 0.1) is 5.56 Å². The van der Waals surface area contributed by atoms with Gasteiger partial charge in [0, 0.05) is 24.3 Å². The van der Waals surface area contributed by atoms with Crippen molar-refractivity contribution in [1.82, 2.24) is 19.5 Å². The van der Waals surface area contributed by atoms with Gasteiger partial charge in [0.15, 0.2) is 0 Å². The van der Waals surface area contributed by atoms with Gasteiger partial charge in [-0.05, 0) is 18.2 Å². The molecular formula is C15H11F3N6O. The molecule has 0 fully saturated rings. The van der Waals surface area contributed by atoms with E-state index in [0.717, 1.165) is 12.1 Å². The van der Waals surface area contributed by atoms with E-state index in [1.54, 1.807) is 6.20 Å². The highest BCUT2D eigenvalue weighted by Gasteiger charge is 2.30. The number of imidazole rings is 1. The molecule has 2 heterocycles. The van der Waals surface area contributed by atoms with E-state index in [0.29, 0.717) is 0 Å². The fourth-order valence-electron chi connectivity index (χ4n) is 2.06. The van der Waals surface area contributed by atoms with E-state index in [1.165, 1.54) is 35.4 Å².